The fraction of sp³-hybridized carbons (Fsp3) is 0.455. The van der Waals surface area contributed by atoms with E-state index in [2.05, 4.69) is 10.2 Å². The summed E-state index contributed by atoms with van der Waals surface area (Å²) < 4.78 is 5.76. The average Bonchev–Trinajstić information content (AvgIpc) is 2.78. The van der Waals surface area contributed by atoms with E-state index in [1.165, 1.54) is 17.0 Å². The van der Waals surface area contributed by atoms with Gasteiger partial charge >= 0.3 is 0 Å². The number of unbranched alkanes of at least 4 members (excludes halogenated alkanes) is 3. The summed E-state index contributed by atoms with van der Waals surface area (Å²) in [4.78, 5) is 11.4. The molecule has 0 aliphatic carbocycles. The molecule has 0 unspecified atom stereocenters. The summed E-state index contributed by atoms with van der Waals surface area (Å²) >= 11 is 0. The zero-order valence-corrected chi connectivity index (χ0v) is 17.7. The highest BCUT2D eigenvalue weighted by Crippen LogP contribution is 2.23. The van der Waals surface area contributed by atoms with Crippen molar-refractivity contribution in [3.63, 3.8) is 0 Å². The molecule has 9 heteroatoms. The zero-order chi connectivity index (χ0) is 22.3. The largest absolute Gasteiger partial charge is 0.494 e. The first-order valence-electron chi connectivity index (χ1n) is 10.6. The van der Waals surface area contributed by atoms with E-state index in [1.807, 2.05) is 24.3 Å². The van der Waals surface area contributed by atoms with E-state index in [-0.39, 0.29) is 18.9 Å². The fourth-order valence-corrected chi connectivity index (χ4v) is 3.08. The number of hydrogen-bond acceptors (Lipinski definition) is 7. The second kappa shape index (κ2) is 14.2. The number of hydrogen-bond donors (Lipinski definition) is 3. The van der Waals surface area contributed by atoms with Crippen molar-refractivity contribution < 1.29 is 24.8 Å². The minimum absolute atomic E-state index is 0.0203. The van der Waals surface area contributed by atoms with Crippen molar-refractivity contribution in [2.45, 2.75) is 25.7 Å². The minimum atomic E-state index is -0.452. The smallest absolute Gasteiger partial charge is 0.269 e. The van der Waals surface area contributed by atoms with Crippen LogP contribution >= 0.6 is 0 Å². The first-order valence-corrected chi connectivity index (χ1v) is 10.6. The number of nitrogens with zero attached hydrogens (tertiary/aromatic N) is 3. The molecule has 2 aromatic rings. The topological polar surface area (TPSA) is 122 Å². The molecule has 0 amide bonds. The molecule has 0 spiro atoms. The second-order valence-corrected chi connectivity index (χ2v) is 7.18. The van der Waals surface area contributed by atoms with Crippen molar-refractivity contribution in [1.29, 1.82) is 0 Å². The number of non-ortho nitro benzene ring substituents is 1. The Kier molecular flexibility index (Phi) is 11.2. The molecule has 0 atom stereocenters. The molecule has 0 aliphatic rings. The molecule has 3 N–H and O–H groups in total. The molecule has 2 rings (SSSR count). The van der Waals surface area contributed by atoms with Gasteiger partial charge in [0.15, 0.2) is 0 Å². The van der Waals surface area contributed by atoms with Crippen LogP contribution in [0.4, 0.5) is 17.1 Å². The summed E-state index contributed by atoms with van der Waals surface area (Å²) in [6.45, 7) is 3.30. The molecule has 0 aromatic heterocycles. The van der Waals surface area contributed by atoms with Crippen molar-refractivity contribution in [3.05, 3.63) is 58.6 Å². The summed E-state index contributed by atoms with van der Waals surface area (Å²) in [6, 6.07) is 13.2. The van der Waals surface area contributed by atoms with Crippen LogP contribution in [-0.4, -0.2) is 54.6 Å². The standard InChI is InChI=1S/C22H30N4O5/c27-16-14-25(15-17-28)13-3-1-2-4-18-31-22-11-7-20(8-12-22)24-23-19-5-9-21(10-6-19)26(29)30/h5-12,27-28H,1-4,13-18H2/p+1. The Balaban J connectivity index is 1.64. The maximum Gasteiger partial charge on any atom is 0.269 e. The SMILES string of the molecule is O=[N+]([O-])c1ccc(N=Nc2ccc(OCCCCCC[NH+](CCO)CCO)cc2)cc1. The molecule has 31 heavy (non-hydrogen) atoms. The first kappa shape index (κ1) is 24.4. The normalized spacial score (nSPS) is 11.3. The number of ether oxygens (including phenoxy) is 1. The lowest BCUT2D eigenvalue weighted by molar-refractivity contribution is -0.901. The number of nitrogens with one attached hydrogen (secondary N) is 1. The fourth-order valence-electron chi connectivity index (χ4n) is 3.08. The molecule has 168 valence electrons. The maximum atomic E-state index is 10.7. The van der Waals surface area contributed by atoms with E-state index in [0.29, 0.717) is 31.1 Å². The van der Waals surface area contributed by atoms with Gasteiger partial charge in [-0.2, -0.15) is 10.2 Å². The van der Waals surface area contributed by atoms with Gasteiger partial charge in [-0.1, -0.05) is 0 Å². The zero-order valence-electron chi connectivity index (χ0n) is 17.7. The van der Waals surface area contributed by atoms with Crippen LogP contribution in [-0.2, 0) is 0 Å². The Labute approximate surface area is 182 Å². The summed E-state index contributed by atoms with van der Waals surface area (Å²) in [5.74, 6) is 0.774. The molecule has 0 bridgehead atoms. The van der Waals surface area contributed by atoms with Gasteiger partial charge in [0.05, 0.1) is 42.7 Å². The Hall–Kier alpha value is -2.88. The number of nitro groups is 1. The van der Waals surface area contributed by atoms with E-state index >= 15 is 0 Å². The van der Waals surface area contributed by atoms with Gasteiger partial charge in [0.2, 0.25) is 0 Å². The first-order chi connectivity index (χ1) is 15.1. The third-order valence-corrected chi connectivity index (χ3v) is 4.80. The quantitative estimate of drug-likeness (QED) is 0.173. The lowest BCUT2D eigenvalue weighted by atomic mass is 10.2. The van der Waals surface area contributed by atoms with E-state index in [0.717, 1.165) is 38.0 Å². The van der Waals surface area contributed by atoms with E-state index in [1.54, 1.807) is 12.1 Å². The number of azo groups is 1. The van der Waals surface area contributed by atoms with Gasteiger partial charge in [0.25, 0.3) is 5.69 Å². The van der Waals surface area contributed by atoms with Gasteiger partial charge in [-0.05, 0) is 62.1 Å². The number of rotatable bonds is 15. The number of aliphatic hydroxyl groups is 2. The molecule has 9 nitrogen and oxygen atoms in total. The van der Waals surface area contributed by atoms with Crippen molar-refractivity contribution in [1.82, 2.24) is 0 Å². The molecule has 2 aromatic carbocycles. The summed E-state index contributed by atoms with van der Waals surface area (Å²) in [6.07, 6.45) is 4.22. The number of quaternary nitrogens is 1. The maximum absolute atomic E-state index is 10.7. The van der Waals surface area contributed by atoms with Crippen molar-refractivity contribution >= 4 is 17.1 Å². The molecule has 0 heterocycles. The summed E-state index contributed by atoms with van der Waals surface area (Å²) in [5.41, 5.74) is 1.24. The molecular formula is C22H31N4O5+. The Bertz CT molecular complexity index is 791. The Morgan fingerprint density at radius 3 is 1.90 bits per heavy atom. The second-order valence-electron chi connectivity index (χ2n) is 7.18. The monoisotopic (exact) mass is 431 g/mol. The van der Waals surface area contributed by atoms with Gasteiger partial charge in [-0.3, -0.25) is 10.1 Å². The summed E-state index contributed by atoms with van der Waals surface area (Å²) in [7, 11) is 0. The van der Waals surface area contributed by atoms with Crippen LogP contribution in [0.15, 0.2) is 58.8 Å². The lowest BCUT2D eigenvalue weighted by Crippen LogP contribution is -3.13. The number of nitro benzene ring substituents is 1. The van der Waals surface area contributed by atoms with Gasteiger partial charge in [0.1, 0.15) is 18.8 Å². The minimum Gasteiger partial charge on any atom is -0.494 e. The van der Waals surface area contributed by atoms with Crippen molar-refractivity contribution in [3.8, 4) is 5.75 Å². The van der Waals surface area contributed by atoms with Gasteiger partial charge in [-0.25, -0.2) is 0 Å². The predicted octanol–water partition coefficient (Wildman–Crippen LogP) is 2.82. The van der Waals surface area contributed by atoms with E-state index in [9.17, 15) is 10.1 Å². The molecule has 0 fully saturated rings. The van der Waals surface area contributed by atoms with Gasteiger partial charge < -0.3 is 19.8 Å². The molecule has 0 radical (unpaired) electrons. The van der Waals surface area contributed by atoms with Crippen LogP contribution in [0.2, 0.25) is 0 Å². The van der Waals surface area contributed by atoms with Crippen LogP contribution in [0.3, 0.4) is 0 Å². The van der Waals surface area contributed by atoms with Crippen LogP contribution in [0.5, 0.6) is 5.75 Å². The Morgan fingerprint density at radius 2 is 1.35 bits per heavy atom. The lowest BCUT2D eigenvalue weighted by Gasteiger charge is -2.17. The average molecular weight is 432 g/mol. The van der Waals surface area contributed by atoms with Crippen LogP contribution in [0.1, 0.15) is 25.7 Å². The molecular weight excluding hydrogens is 400 g/mol. The predicted molar refractivity (Wildman–Crippen MR) is 117 cm³/mol. The van der Waals surface area contributed by atoms with E-state index in [4.69, 9.17) is 14.9 Å². The van der Waals surface area contributed by atoms with Crippen LogP contribution in [0.25, 0.3) is 0 Å². The van der Waals surface area contributed by atoms with E-state index < -0.39 is 4.92 Å². The third-order valence-electron chi connectivity index (χ3n) is 4.80. The van der Waals surface area contributed by atoms with Crippen LogP contribution < -0.4 is 9.64 Å². The van der Waals surface area contributed by atoms with Gasteiger partial charge in [-0.15, -0.1) is 0 Å². The molecule has 0 saturated heterocycles. The third kappa shape index (κ3) is 9.65. The number of benzene rings is 2. The highest BCUT2D eigenvalue weighted by Gasteiger charge is 2.06. The van der Waals surface area contributed by atoms with Crippen LogP contribution in [0, 0.1) is 10.1 Å². The highest BCUT2D eigenvalue weighted by molar-refractivity contribution is 5.45. The van der Waals surface area contributed by atoms with Crippen molar-refractivity contribution in [2.24, 2.45) is 10.2 Å². The summed E-state index contributed by atoms with van der Waals surface area (Å²) in [5, 5.41) is 36.9. The molecule has 0 saturated carbocycles. The Morgan fingerprint density at radius 1 is 0.806 bits per heavy atom. The van der Waals surface area contributed by atoms with Gasteiger partial charge in [0, 0.05) is 12.1 Å². The number of aliphatic hydroxyl groups excluding tert-OH is 2. The highest BCUT2D eigenvalue weighted by atomic mass is 16.6. The van der Waals surface area contributed by atoms with Crippen molar-refractivity contribution in [2.75, 3.05) is 39.5 Å². The molecule has 0 aliphatic heterocycles.